The molecule has 3 nitrogen and oxygen atoms in total. The Morgan fingerprint density at radius 3 is 2.56 bits per heavy atom. The van der Waals surface area contributed by atoms with Crippen LogP contribution in [0.15, 0.2) is 5.38 Å². The first-order valence-corrected chi connectivity index (χ1v) is 6.87. The fourth-order valence-electron chi connectivity index (χ4n) is 1.54. The van der Waals surface area contributed by atoms with Gasteiger partial charge in [0.1, 0.15) is 0 Å². The number of thiazole rings is 1. The van der Waals surface area contributed by atoms with Crippen LogP contribution in [0.5, 0.6) is 0 Å². The number of nitrogens with one attached hydrogen (secondary N) is 1. The van der Waals surface area contributed by atoms with Crippen LogP contribution in [-0.4, -0.2) is 23.6 Å². The van der Waals surface area contributed by atoms with Gasteiger partial charge in [0.15, 0.2) is 5.13 Å². The lowest BCUT2D eigenvalue weighted by Crippen LogP contribution is -2.30. The van der Waals surface area contributed by atoms with Crippen molar-refractivity contribution in [2.24, 2.45) is 0 Å². The standard InChI is InChI=1S/C12H23N3S/c1-6-15(10(4)5)12-14-11(8-16-12)7-13-9(2)3/h8-10,13H,6-7H2,1-5H3. The van der Waals surface area contributed by atoms with Crippen LogP contribution in [0.1, 0.15) is 40.3 Å². The molecule has 16 heavy (non-hydrogen) atoms. The highest BCUT2D eigenvalue weighted by atomic mass is 32.1. The maximum absolute atomic E-state index is 4.66. The highest BCUT2D eigenvalue weighted by Gasteiger charge is 2.12. The minimum Gasteiger partial charge on any atom is -0.346 e. The first-order valence-electron chi connectivity index (χ1n) is 5.99. The summed E-state index contributed by atoms with van der Waals surface area (Å²) in [5, 5.41) is 6.67. The first-order chi connectivity index (χ1) is 7.54. The van der Waals surface area contributed by atoms with Crippen LogP contribution < -0.4 is 10.2 Å². The Hall–Kier alpha value is -0.610. The Balaban J connectivity index is 2.62. The summed E-state index contributed by atoms with van der Waals surface area (Å²) in [6.07, 6.45) is 0. The van der Waals surface area contributed by atoms with Crippen molar-refractivity contribution < 1.29 is 0 Å². The Morgan fingerprint density at radius 1 is 1.38 bits per heavy atom. The van der Waals surface area contributed by atoms with Crippen molar-refractivity contribution >= 4 is 16.5 Å². The van der Waals surface area contributed by atoms with E-state index in [1.165, 1.54) is 0 Å². The van der Waals surface area contributed by atoms with E-state index in [-0.39, 0.29) is 0 Å². The molecule has 0 radical (unpaired) electrons. The molecule has 92 valence electrons. The Morgan fingerprint density at radius 2 is 2.06 bits per heavy atom. The number of nitrogens with zero attached hydrogens (tertiary/aromatic N) is 2. The molecule has 0 bridgehead atoms. The van der Waals surface area contributed by atoms with Gasteiger partial charge in [-0.2, -0.15) is 0 Å². The summed E-state index contributed by atoms with van der Waals surface area (Å²) >= 11 is 1.74. The van der Waals surface area contributed by atoms with Gasteiger partial charge in [0.25, 0.3) is 0 Å². The highest BCUT2D eigenvalue weighted by molar-refractivity contribution is 7.13. The van der Waals surface area contributed by atoms with E-state index in [1.54, 1.807) is 11.3 Å². The number of anilines is 1. The molecule has 0 aliphatic heterocycles. The molecule has 1 rings (SSSR count). The van der Waals surface area contributed by atoms with Crippen LogP contribution in [0.25, 0.3) is 0 Å². The van der Waals surface area contributed by atoms with Crippen molar-refractivity contribution in [2.75, 3.05) is 11.4 Å². The van der Waals surface area contributed by atoms with E-state index in [0.717, 1.165) is 23.9 Å². The number of aromatic nitrogens is 1. The van der Waals surface area contributed by atoms with Gasteiger partial charge in [0.2, 0.25) is 0 Å². The second-order valence-corrected chi connectivity index (χ2v) is 5.37. The maximum Gasteiger partial charge on any atom is 0.185 e. The predicted octanol–water partition coefficient (Wildman–Crippen LogP) is 2.88. The van der Waals surface area contributed by atoms with E-state index >= 15 is 0 Å². The fraction of sp³-hybridized carbons (Fsp3) is 0.750. The zero-order valence-electron chi connectivity index (χ0n) is 10.9. The van der Waals surface area contributed by atoms with Gasteiger partial charge in [-0.15, -0.1) is 11.3 Å². The van der Waals surface area contributed by atoms with Gasteiger partial charge in [0, 0.05) is 30.6 Å². The van der Waals surface area contributed by atoms with Crippen molar-refractivity contribution in [3.8, 4) is 0 Å². The quantitative estimate of drug-likeness (QED) is 0.830. The number of hydrogen-bond acceptors (Lipinski definition) is 4. The lowest BCUT2D eigenvalue weighted by Gasteiger charge is -2.24. The van der Waals surface area contributed by atoms with Crippen molar-refractivity contribution in [1.29, 1.82) is 0 Å². The van der Waals surface area contributed by atoms with Crippen LogP contribution >= 0.6 is 11.3 Å². The molecule has 0 saturated heterocycles. The van der Waals surface area contributed by atoms with Gasteiger partial charge in [-0.05, 0) is 20.8 Å². The molecule has 0 aliphatic carbocycles. The average molecular weight is 241 g/mol. The first kappa shape index (κ1) is 13.5. The zero-order valence-corrected chi connectivity index (χ0v) is 11.8. The Kier molecular flexibility index (Phi) is 5.22. The van der Waals surface area contributed by atoms with E-state index in [2.05, 4.69) is 55.2 Å². The largest absolute Gasteiger partial charge is 0.346 e. The van der Waals surface area contributed by atoms with E-state index in [9.17, 15) is 0 Å². The second kappa shape index (κ2) is 6.21. The summed E-state index contributed by atoms with van der Waals surface area (Å²) < 4.78 is 0. The second-order valence-electron chi connectivity index (χ2n) is 4.54. The van der Waals surface area contributed by atoms with Crippen LogP contribution in [0.4, 0.5) is 5.13 Å². The molecule has 1 aromatic rings. The lowest BCUT2D eigenvalue weighted by atomic mass is 10.3. The van der Waals surface area contributed by atoms with E-state index in [1.807, 2.05) is 0 Å². The Labute approximate surface area is 103 Å². The summed E-state index contributed by atoms with van der Waals surface area (Å²) in [6, 6.07) is 1.03. The molecule has 0 spiro atoms. The number of hydrogen-bond donors (Lipinski definition) is 1. The molecule has 0 aromatic carbocycles. The third kappa shape index (κ3) is 3.76. The molecule has 0 aliphatic rings. The molecule has 0 atom stereocenters. The van der Waals surface area contributed by atoms with Crippen molar-refractivity contribution in [3.63, 3.8) is 0 Å². The van der Waals surface area contributed by atoms with Gasteiger partial charge in [0.05, 0.1) is 5.69 Å². The minimum atomic E-state index is 0.512. The smallest absolute Gasteiger partial charge is 0.185 e. The summed E-state index contributed by atoms with van der Waals surface area (Å²) in [7, 11) is 0. The third-order valence-corrected chi connectivity index (χ3v) is 3.37. The molecule has 1 heterocycles. The summed E-state index contributed by atoms with van der Waals surface area (Å²) in [5.41, 5.74) is 1.15. The van der Waals surface area contributed by atoms with Gasteiger partial charge in [-0.1, -0.05) is 13.8 Å². The molecule has 0 fully saturated rings. The van der Waals surface area contributed by atoms with Crippen LogP contribution in [0.3, 0.4) is 0 Å². The number of rotatable bonds is 6. The molecule has 0 unspecified atom stereocenters. The monoisotopic (exact) mass is 241 g/mol. The summed E-state index contributed by atoms with van der Waals surface area (Å²) in [6.45, 7) is 12.8. The topological polar surface area (TPSA) is 28.2 Å². The summed E-state index contributed by atoms with van der Waals surface area (Å²) in [5.74, 6) is 0. The highest BCUT2D eigenvalue weighted by Crippen LogP contribution is 2.22. The molecule has 0 saturated carbocycles. The van der Waals surface area contributed by atoms with E-state index in [4.69, 9.17) is 0 Å². The molecule has 4 heteroatoms. The zero-order chi connectivity index (χ0) is 12.1. The maximum atomic E-state index is 4.66. The predicted molar refractivity (Wildman–Crippen MR) is 72.2 cm³/mol. The summed E-state index contributed by atoms with van der Waals surface area (Å²) in [4.78, 5) is 6.98. The fourth-order valence-corrected chi connectivity index (χ4v) is 2.56. The third-order valence-electron chi connectivity index (χ3n) is 2.44. The van der Waals surface area contributed by atoms with Crippen LogP contribution in [-0.2, 0) is 6.54 Å². The van der Waals surface area contributed by atoms with Gasteiger partial charge >= 0.3 is 0 Å². The van der Waals surface area contributed by atoms with E-state index < -0.39 is 0 Å². The normalized spacial score (nSPS) is 11.4. The van der Waals surface area contributed by atoms with Crippen molar-refractivity contribution in [3.05, 3.63) is 11.1 Å². The van der Waals surface area contributed by atoms with Crippen LogP contribution in [0, 0.1) is 0 Å². The van der Waals surface area contributed by atoms with Gasteiger partial charge < -0.3 is 10.2 Å². The average Bonchev–Trinajstić information content (AvgIpc) is 2.64. The molecule has 1 aromatic heterocycles. The lowest BCUT2D eigenvalue weighted by molar-refractivity contribution is 0.582. The molecular formula is C12H23N3S. The Bertz CT molecular complexity index is 307. The van der Waals surface area contributed by atoms with Gasteiger partial charge in [-0.3, -0.25) is 0 Å². The van der Waals surface area contributed by atoms with Crippen LogP contribution in [0.2, 0.25) is 0 Å². The minimum absolute atomic E-state index is 0.512. The molecular weight excluding hydrogens is 218 g/mol. The van der Waals surface area contributed by atoms with Crippen molar-refractivity contribution in [1.82, 2.24) is 10.3 Å². The SMILES string of the molecule is CCN(c1nc(CNC(C)C)cs1)C(C)C. The molecule has 1 N–H and O–H groups in total. The molecule has 0 amide bonds. The van der Waals surface area contributed by atoms with E-state index in [0.29, 0.717) is 12.1 Å². The van der Waals surface area contributed by atoms with Gasteiger partial charge in [-0.25, -0.2) is 4.98 Å². The van der Waals surface area contributed by atoms with Crippen molar-refractivity contribution in [2.45, 2.75) is 53.2 Å².